The number of benzene rings is 1. The summed E-state index contributed by atoms with van der Waals surface area (Å²) < 4.78 is 0. The van der Waals surface area contributed by atoms with Gasteiger partial charge in [-0.2, -0.15) is 0 Å². The number of rotatable bonds is 5. The Morgan fingerprint density at radius 2 is 1.67 bits per heavy atom. The van der Waals surface area contributed by atoms with Crippen molar-refractivity contribution in [2.75, 3.05) is 17.2 Å². The van der Waals surface area contributed by atoms with E-state index < -0.39 is 0 Å². The molecule has 0 saturated heterocycles. The van der Waals surface area contributed by atoms with Crippen LogP contribution in [0.5, 0.6) is 0 Å². The van der Waals surface area contributed by atoms with E-state index in [0.717, 1.165) is 30.4 Å². The van der Waals surface area contributed by atoms with Crippen molar-refractivity contribution in [1.29, 1.82) is 0 Å². The zero-order valence-corrected chi connectivity index (χ0v) is 13.3. The van der Waals surface area contributed by atoms with Gasteiger partial charge in [-0.25, -0.2) is 9.97 Å². The molecule has 0 spiro atoms. The molecule has 0 atom stereocenters. The van der Waals surface area contributed by atoms with Crippen LogP contribution in [0.3, 0.4) is 0 Å². The lowest BCUT2D eigenvalue weighted by Crippen LogP contribution is -2.27. The van der Waals surface area contributed by atoms with Gasteiger partial charge in [0.05, 0.1) is 0 Å². The first-order chi connectivity index (χ1) is 9.92. The maximum Gasteiger partial charge on any atom is 0.132 e. The smallest absolute Gasteiger partial charge is 0.132 e. The topological polar surface area (TPSA) is 49.8 Å². The molecule has 0 aliphatic heterocycles. The van der Waals surface area contributed by atoms with Crippen molar-refractivity contribution in [1.82, 2.24) is 9.97 Å². The first-order valence-corrected chi connectivity index (χ1v) is 7.34. The van der Waals surface area contributed by atoms with Gasteiger partial charge in [0.1, 0.15) is 17.5 Å². The van der Waals surface area contributed by atoms with Gasteiger partial charge in [0.2, 0.25) is 0 Å². The highest BCUT2D eigenvalue weighted by atomic mass is 15.1. The van der Waals surface area contributed by atoms with E-state index in [-0.39, 0.29) is 5.54 Å². The summed E-state index contributed by atoms with van der Waals surface area (Å²) in [5.74, 6) is 2.49. The van der Waals surface area contributed by atoms with Crippen LogP contribution in [0.1, 0.15) is 32.2 Å². The van der Waals surface area contributed by atoms with E-state index in [9.17, 15) is 0 Å². The molecule has 4 nitrogen and oxygen atoms in total. The molecule has 2 rings (SSSR count). The minimum absolute atomic E-state index is 0.0118. The molecule has 0 unspecified atom stereocenters. The summed E-state index contributed by atoms with van der Waals surface area (Å²) in [5, 5.41) is 6.75. The number of hydrogen-bond donors (Lipinski definition) is 2. The zero-order chi connectivity index (χ0) is 15.3. The molecule has 0 radical (unpaired) electrons. The zero-order valence-electron chi connectivity index (χ0n) is 13.3. The quantitative estimate of drug-likeness (QED) is 0.880. The second-order valence-electron chi connectivity index (χ2n) is 6.22. The van der Waals surface area contributed by atoms with Gasteiger partial charge >= 0.3 is 0 Å². The molecule has 2 N–H and O–H groups in total. The Labute approximate surface area is 127 Å². The van der Waals surface area contributed by atoms with E-state index in [1.54, 1.807) is 0 Å². The van der Waals surface area contributed by atoms with Gasteiger partial charge in [-0.1, -0.05) is 30.3 Å². The van der Waals surface area contributed by atoms with Crippen molar-refractivity contribution in [2.45, 2.75) is 39.7 Å². The van der Waals surface area contributed by atoms with Gasteiger partial charge in [-0.15, -0.1) is 0 Å². The standard InChI is InChI=1S/C17H24N4/c1-13-19-15(12-16(20-13)21-17(2,3)4)18-11-10-14-8-6-5-7-9-14/h5-9,12H,10-11H2,1-4H3,(H2,18,19,20,21). The van der Waals surface area contributed by atoms with E-state index in [4.69, 9.17) is 0 Å². The summed E-state index contributed by atoms with van der Waals surface area (Å²) >= 11 is 0. The third kappa shape index (κ3) is 5.42. The average Bonchev–Trinajstić information content (AvgIpc) is 2.37. The molecule has 0 aliphatic carbocycles. The lowest BCUT2D eigenvalue weighted by Gasteiger charge is -2.21. The van der Waals surface area contributed by atoms with Crippen molar-refractivity contribution >= 4 is 11.6 Å². The third-order valence-electron chi connectivity index (χ3n) is 2.90. The van der Waals surface area contributed by atoms with Crippen LogP contribution in [0.2, 0.25) is 0 Å². The van der Waals surface area contributed by atoms with Crippen LogP contribution in [0, 0.1) is 6.92 Å². The van der Waals surface area contributed by atoms with Crippen molar-refractivity contribution in [3.05, 3.63) is 47.8 Å². The van der Waals surface area contributed by atoms with E-state index >= 15 is 0 Å². The fourth-order valence-corrected chi connectivity index (χ4v) is 2.09. The number of aryl methyl sites for hydroxylation is 1. The molecule has 0 bridgehead atoms. The van der Waals surface area contributed by atoms with Crippen LogP contribution in [-0.2, 0) is 6.42 Å². The Morgan fingerprint density at radius 3 is 2.33 bits per heavy atom. The van der Waals surface area contributed by atoms with E-state index in [0.29, 0.717) is 0 Å². The van der Waals surface area contributed by atoms with Gasteiger partial charge in [0.15, 0.2) is 0 Å². The first kappa shape index (κ1) is 15.3. The van der Waals surface area contributed by atoms with E-state index in [2.05, 4.69) is 65.6 Å². The lowest BCUT2D eigenvalue weighted by molar-refractivity contribution is 0.629. The normalized spacial score (nSPS) is 11.2. The molecule has 0 aliphatic rings. The summed E-state index contributed by atoms with van der Waals surface area (Å²) in [7, 11) is 0. The summed E-state index contributed by atoms with van der Waals surface area (Å²) in [5.41, 5.74) is 1.31. The summed E-state index contributed by atoms with van der Waals surface area (Å²) in [6.07, 6.45) is 0.978. The highest BCUT2D eigenvalue weighted by molar-refractivity contribution is 5.48. The molecular weight excluding hydrogens is 260 g/mol. The number of nitrogens with one attached hydrogen (secondary N) is 2. The van der Waals surface area contributed by atoms with Crippen LogP contribution < -0.4 is 10.6 Å². The molecule has 0 amide bonds. The summed E-state index contributed by atoms with van der Waals surface area (Å²) in [4.78, 5) is 8.86. The Balaban J connectivity index is 1.97. The minimum atomic E-state index is -0.0118. The van der Waals surface area contributed by atoms with E-state index in [1.165, 1.54) is 5.56 Å². The monoisotopic (exact) mass is 284 g/mol. The average molecular weight is 284 g/mol. The maximum absolute atomic E-state index is 4.43. The Hall–Kier alpha value is -2.10. The minimum Gasteiger partial charge on any atom is -0.370 e. The molecule has 0 saturated carbocycles. The molecule has 4 heteroatoms. The van der Waals surface area contributed by atoms with Gasteiger partial charge in [-0.3, -0.25) is 0 Å². The Bertz CT molecular complexity index is 573. The van der Waals surface area contributed by atoms with Crippen LogP contribution in [0.15, 0.2) is 36.4 Å². The number of nitrogens with zero attached hydrogens (tertiary/aromatic N) is 2. The molecule has 1 heterocycles. The third-order valence-corrected chi connectivity index (χ3v) is 2.90. The predicted octanol–water partition coefficient (Wildman–Crippen LogP) is 3.65. The molecule has 21 heavy (non-hydrogen) atoms. The molecule has 0 fully saturated rings. The van der Waals surface area contributed by atoms with Crippen molar-refractivity contribution in [2.24, 2.45) is 0 Å². The van der Waals surface area contributed by atoms with Crippen LogP contribution in [0.4, 0.5) is 11.6 Å². The molecular formula is C17H24N4. The number of anilines is 2. The molecule has 2 aromatic rings. The predicted molar refractivity (Wildman–Crippen MR) is 88.8 cm³/mol. The number of aromatic nitrogens is 2. The van der Waals surface area contributed by atoms with Crippen LogP contribution in [-0.4, -0.2) is 22.1 Å². The fraction of sp³-hybridized carbons (Fsp3) is 0.412. The second-order valence-corrected chi connectivity index (χ2v) is 6.22. The van der Waals surface area contributed by atoms with Crippen molar-refractivity contribution in [3.8, 4) is 0 Å². The second kappa shape index (κ2) is 6.57. The lowest BCUT2D eigenvalue weighted by atomic mass is 10.1. The molecule has 1 aromatic carbocycles. The number of hydrogen-bond acceptors (Lipinski definition) is 4. The van der Waals surface area contributed by atoms with Crippen LogP contribution in [0.25, 0.3) is 0 Å². The molecule has 112 valence electrons. The van der Waals surface area contributed by atoms with Crippen LogP contribution >= 0.6 is 0 Å². The van der Waals surface area contributed by atoms with Gasteiger partial charge in [0, 0.05) is 18.2 Å². The van der Waals surface area contributed by atoms with Crippen molar-refractivity contribution < 1.29 is 0 Å². The highest BCUT2D eigenvalue weighted by Gasteiger charge is 2.11. The fourth-order valence-electron chi connectivity index (χ4n) is 2.09. The first-order valence-electron chi connectivity index (χ1n) is 7.34. The van der Waals surface area contributed by atoms with Gasteiger partial charge < -0.3 is 10.6 Å². The Morgan fingerprint density at radius 1 is 1.00 bits per heavy atom. The van der Waals surface area contributed by atoms with Gasteiger partial charge in [0.25, 0.3) is 0 Å². The Kier molecular flexibility index (Phi) is 4.78. The maximum atomic E-state index is 4.43. The highest BCUT2D eigenvalue weighted by Crippen LogP contribution is 2.16. The van der Waals surface area contributed by atoms with Gasteiger partial charge in [-0.05, 0) is 39.7 Å². The molecule has 1 aromatic heterocycles. The van der Waals surface area contributed by atoms with E-state index in [1.807, 2.05) is 19.1 Å². The summed E-state index contributed by atoms with van der Waals surface area (Å²) in [6, 6.07) is 12.4. The largest absolute Gasteiger partial charge is 0.370 e. The summed E-state index contributed by atoms with van der Waals surface area (Å²) in [6.45, 7) is 9.12. The SMILES string of the molecule is Cc1nc(NCCc2ccccc2)cc(NC(C)(C)C)n1. The van der Waals surface area contributed by atoms with Crippen molar-refractivity contribution in [3.63, 3.8) is 0 Å².